The van der Waals surface area contributed by atoms with E-state index < -0.39 is 11.8 Å². The van der Waals surface area contributed by atoms with Gasteiger partial charge in [0.1, 0.15) is 18.2 Å². The summed E-state index contributed by atoms with van der Waals surface area (Å²) in [6, 6.07) is 21.2. The van der Waals surface area contributed by atoms with E-state index in [0.29, 0.717) is 22.9 Å². The van der Waals surface area contributed by atoms with Crippen molar-refractivity contribution in [2.24, 2.45) is 0 Å². The molecule has 0 saturated heterocycles. The number of benzene rings is 4. The fourth-order valence-corrected chi connectivity index (χ4v) is 3.80. The number of halogens is 2. The van der Waals surface area contributed by atoms with Crippen LogP contribution in [0.25, 0.3) is 10.8 Å². The number of carboxylic acid groups (broad SMARTS) is 1. The summed E-state index contributed by atoms with van der Waals surface area (Å²) in [7, 11) is 0. The molecule has 0 fully saturated rings. The van der Waals surface area contributed by atoms with Crippen LogP contribution in [0.1, 0.15) is 27.0 Å². The summed E-state index contributed by atoms with van der Waals surface area (Å²) in [6.45, 7) is 2.30. The maximum absolute atomic E-state index is 14.2. The molecule has 0 aliphatic carbocycles. The predicted octanol–water partition coefficient (Wildman–Crippen LogP) is 6.83. The minimum Gasteiger partial charge on any atom is -0.488 e. The van der Waals surface area contributed by atoms with Gasteiger partial charge in [-0.2, -0.15) is 0 Å². The number of rotatable bonds is 7. The fourth-order valence-electron chi connectivity index (χ4n) is 3.58. The third kappa shape index (κ3) is 4.53. The van der Waals surface area contributed by atoms with Crippen molar-refractivity contribution in [1.29, 1.82) is 0 Å². The molecule has 0 bridgehead atoms. The van der Waals surface area contributed by atoms with E-state index in [1.807, 2.05) is 43.3 Å². The highest BCUT2D eigenvalue weighted by Crippen LogP contribution is 2.31. The maximum Gasteiger partial charge on any atom is 0.335 e. The first-order valence-electron chi connectivity index (χ1n) is 10.1. The first-order chi connectivity index (χ1) is 15.4. The van der Waals surface area contributed by atoms with Gasteiger partial charge in [-0.25, -0.2) is 9.18 Å². The fraction of sp³-hybridized carbons (Fsp3) is 0.115. The molecule has 6 heteroatoms. The second-order valence-corrected chi connectivity index (χ2v) is 7.85. The Morgan fingerprint density at radius 1 is 1.03 bits per heavy atom. The van der Waals surface area contributed by atoms with Gasteiger partial charge in [-0.1, -0.05) is 54.1 Å². The van der Waals surface area contributed by atoms with Crippen molar-refractivity contribution in [3.8, 4) is 5.75 Å². The van der Waals surface area contributed by atoms with Crippen LogP contribution in [-0.4, -0.2) is 11.1 Å². The normalized spacial score (nSPS) is 10.8. The Labute approximate surface area is 190 Å². The molecular weight excluding hydrogens is 429 g/mol. The van der Waals surface area contributed by atoms with E-state index in [-0.39, 0.29) is 12.2 Å². The summed E-state index contributed by atoms with van der Waals surface area (Å²) in [4.78, 5) is 11.4. The number of hydrogen-bond donors (Lipinski definition) is 2. The van der Waals surface area contributed by atoms with E-state index in [1.165, 1.54) is 6.07 Å². The predicted molar refractivity (Wildman–Crippen MR) is 125 cm³/mol. The first-order valence-corrected chi connectivity index (χ1v) is 10.5. The number of nitrogens with one attached hydrogen (secondary N) is 1. The Bertz CT molecular complexity index is 1290. The standard InChI is InChI=1S/C26H21ClFNO3/c1-16-9-10-18(26(30)31)13-24(16)29-14-20-19-6-3-2-5-17(19)11-12-25(20)32-15-21-22(27)7-4-8-23(21)28/h2-13,29H,14-15H2,1H3,(H,30,31). The summed E-state index contributed by atoms with van der Waals surface area (Å²) in [5.41, 5.74) is 3.04. The number of carbonyl (C=O) groups is 1. The summed E-state index contributed by atoms with van der Waals surface area (Å²) < 4.78 is 20.2. The molecule has 4 aromatic rings. The van der Waals surface area contributed by atoms with E-state index in [9.17, 15) is 14.3 Å². The Balaban J connectivity index is 1.67. The van der Waals surface area contributed by atoms with E-state index in [2.05, 4.69) is 5.32 Å². The van der Waals surface area contributed by atoms with Gasteiger partial charge in [0.05, 0.1) is 10.6 Å². The Hall–Kier alpha value is -3.57. The maximum atomic E-state index is 14.2. The highest BCUT2D eigenvalue weighted by molar-refractivity contribution is 6.31. The van der Waals surface area contributed by atoms with Crippen LogP contribution in [0.5, 0.6) is 5.75 Å². The molecule has 0 aromatic heterocycles. The summed E-state index contributed by atoms with van der Waals surface area (Å²) in [6.07, 6.45) is 0. The lowest BCUT2D eigenvalue weighted by molar-refractivity contribution is 0.0697. The van der Waals surface area contributed by atoms with Crippen LogP contribution in [0.2, 0.25) is 5.02 Å². The highest BCUT2D eigenvalue weighted by Gasteiger charge is 2.13. The summed E-state index contributed by atoms with van der Waals surface area (Å²) in [5, 5.41) is 15.0. The van der Waals surface area contributed by atoms with Gasteiger partial charge in [-0.05, 0) is 53.6 Å². The smallest absolute Gasteiger partial charge is 0.335 e. The van der Waals surface area contributed by atoms with Crippen LogP contribution >= 0.6 is 11.6 Å². The Morgan fingerprint density at radius 3 is 2.62 bits per heavy atom. The van der Waals surface area contributed by atoms with Gasteiger partial charge in [-0.15, -0.1) is 0 Å². The van der Waals surface area contributed by atoms with Crippen molar-refractivity contribution in [2.45, 2.75) is 20.1 Å². The van der Waals surface area contributed by atoms with Gasteiger partial charge in [0.25, 0.3) is 0 Å². The molecule has 0 amide bonds. The second kappa shape index (κ2) is 9.28. The number of aromatic carboxylic acids is 1. The molecule has 0 saturated carbocycles. The van der Waals surface area contributed by atoms with Crippen LogP contribution in [0.3, 0.4) is 0 Å². The topological polar surface area (TPSA) is 58.6 Å². The van der Waals surface area contributed by atoms with E-state index >= 15 is 0 Å². The molecule has 0 aliphatic rings. The van der Waals surface area contributed by atoms with Crippen LogP contribution in [0.4, 0.5) is 10.1 Å². The number of hydrogen-bond acceptors (Lipinski definition) is 3. The molecule has 32 heavy (non-hydrogen) atoms. The number of fused-ring (bicyclic) bond motifs is 1. The minimum absolute atomic E-state index is 0.00955. The number of anilines is 1. The molecule has 4 aromatic carbocycles. The zero-order chi connectivity index (χ0) is 22.7. The molecule has 4 nitrogen and oxygen atoms in total. The molecule has 0 heterocycles. The van der Waals surface area contributed by atoms with Crippen molar-refractivity contribution >= 4 is 34.0 Å². The molecule has 0 unspecified atom stereocenters. The van der Waals surface area contributed by atoms with E-state index in [4.69, 9.17) is 16.3 Å². The van der Waals surface area contributed by atoms with Crippen molar-refractivity contribution in [3.63, 3.8) is 0 Å². The summed E-state index contributed by atoms with van der Waals surface area (Å²) in [5.74, 6) is -0.800. The van der Waals surface area contributed by atoms with Crippen LogP contribution < -0.4 is 10.1 Å². The van der Waals surface area contributed by atoms with Gasteiger partial charge in [0, 0.05) is 23.4 Å². The van der Waals surface area contributed by atoms with Crippen molar-refractivity contribution in [3.05, 3.63) is 106 Å². The van der Waals surface area contributed by atoms with Crippen LogP contribution in [0, 0.1) is 12.7 Å². The second-order valence-electron chi connectivity index (χ2n) is 7.44. The Morgan fingerprint density at radius 2 is 1.84 bits per heavy atom. The zero-order valence-corrected chi connectivity index (χ0v) is 18.1. The first kappa shape index (κ1) is 21.7. The van der Waals surface area contributed by atoms with Crippen molar-refractivity contribution in [1.82, 2.24) is 0 Å². The lowest BCUT2D eigenvalue weighted by atomic mass is 10.0. The minimum atomic E-state index is -0.982. The molecule has 4 rings (SSSR count). The van der Waals surface area contributed by atoms with Gasteiger partial charge in [0.2, 0.25) is 0 Å². The third-order valence-corrected chi connectivity index (χ3v) is 5.73. The molecule has 2 N–H and O–H groups in total. The number of ether oxygens (including phenoxy) is 1. The van der Waals surface area contributed by atoms with Gasteiger partial charge < -0.3 is 15.2 Å². The lowest BCUT2D eigenvalue weighted by Crippen LogP contribution is -2.07. The number of carboxylic acids is 1. The SMILES string of the molecule is Cc1ccc(C(=O)O)cc1NCc1c(OCc2c(F)cccc2Cl)ccc2ccccc12. The van der Waals surface area contributed by atoms with Crippen molar-refractivity contribution < 1.29 is 19.0 Å². The van der Waals surface area contributed by atoms with Crippen LogP contribution in [0.15, 0.2) is 72.8 Å². The summed E-state index contributed by atoms with van der Waals surface area (Å²) >= 11 is 6.15. The molecule has 0 radical (unpaired) electrons. The van der Waals surface area contributed by atoms with Crippen molar-refractivity contribution in [2.75, 3.05) is 5.32 Å². The Kier molecular flexibility index (Phi) is 6.28. The molecule has 0 spiro atoms. The molecule has 0 atom stereocenters. The highest BCUT2D eigenvalue weighted by atomic mass is 35.5. The van der Waals surface area contributed by atoms with Gasteiger partial charge in [-0.3, -0.25) is 0 Å². The average Bonchev–Trinajstić information content (AvgIpc) is 2.78. The number of aryl methyl sites for hydroxylation is 1. The monoisotopic (exact) mass is 449 g/mol. The van der Waals surface area contributed by atoms with E-state index in [0.717, 1.165) is 27.6 Å². The van der Waals surface area contributed by atoms with Crippen LogP contribution in [-0.2, 0) is 13.2 Å². The third-order valence-electron chi connectivity index (χ3n) is 5.37. The van der Waals surface area contributed by atoms with Gasteiger partial charge >= 0.3 is 5.97 Å². The van der Waals surface area contributed by atoms with Gasteiger partial charge in [0.15, 0.2) is 0 Å². The zero-order valence-electron chi connectivity index (χ0n) is 17.4. The van der Waals surface area contributed by atoms with E-state index in [1.54, 1.807) is 30.3 Å². The lowest BCUT2D eigenvalue weighted by Gasteiger charge is -2.17. The quantitative estimate of drug-likeness (QED) is 0.324. The molecule has 0 aliphatic heterocycles. The molecular formula is C26H21ClFNO3. The average molecular weight is 450 g/mol. The molecule has 162 valence electrons. The largest absolute Gasteiger partial charge is 0.488 e.